The van der Waals surface area contributed by atoms with E-state index >= 15 is 0 Å². The van der Waals surface area contributed by atoms with Gasteiger partial charge in [0.05, 0.1) is 0 Å². The van der Waals surface area contributed by atoms with Gasteiger partial charge in [-0.1, -0.05) is 44.5 Å². The van der Waals surface area contributed by atoms with Crippen LogP contribution in [-0.2, 0) is 11.1 Å². The lowest BCUT2D eigenvalue weighted by atomic mass is 9.84. The Balaban J connectivity index is 2.25. The Labute approximate surface area is 150 Å². The van der Waals surface area contributed by atoms with Gasteiger partial charge in [0.15, 0.2) is 0 Å². The molecule has 0 aromatic heterocycles. The lowest BCUT2D eigenvalue weighted by Gasteiger charge is -2.24. The Bertz CT molecular complexity index is 715. The average Bonchev–Trinajstić information content (AvgIpc) is 2.47. The fraction of sp³-hybridized carbons (Fsp3) is 0.364. The lowest BCUT2D eigenvalue weighted by Crippen LogP contribution is -2.16. The SMILES string of the molecule is C=C(Oc1ccc(C)cc1)Oc1cc(C(C)(C)C)cc(C(C)(C)F)c1. The van der Waals surface area contributed by atoms with Gasteiger partial charge < -0.3 is 9.47 Å². The van der Waals surface area contributed by atoms with E-state index in [1.165, 1.54) is 13.8 Å². The van der Waals surface area contributed by atoms with Crippen LogP contribution in [-0.4, -0.2) is 0 Å². The number of halogens is 1. The standard InChI is InChI=1S/C22H27FO2/c1-15-8-10-19(11-9-15)24-16(2)25-20-13-17(21(3,4)5)12-18(14-20)22(6,7)23/h8-14H,2H2,1,3-7H3. The first-order chi connectivity index (χ1) is 11.4. The highest BCUT2D eigenvalue weighted by molar-refractivity contribution is 5.40. The molecule has 3 heteroatoms. The van der Waals surface area contributed by atoms with Gasteiger partial charge in [-0.3, -0.25) is 0 Å². The van der Waals surface area contributed by atoms with Crippen LogP contribution in [0.25, 0.3) is 0 Å². The molecule has 25 heavy (non-hydrogen) atoms. The van der Waals surface area contributed by atoms with Gasteiger partial charge >= 0.3 is 0 Å². The molecule has 2 aromatic carbocycles. The molecule has 0 aliphatic carbocycles. The molecule has 0 amide bonds. The summed E-state index contributed by atoms with van der Waals surface area (Å²) in [7, 11) is 0. The molecule has 0 radical (unpaired) electrons. The molecule has 0 atom stereocenters. The summed E-state index contributed by atoms with van der Waals surface area (Å²) in [6, 6.07) is 13.1. The maximum Gasteiger partial charge on any atom is 0.282 e. The number of hydrogen-bond acceptors (Lipinski definition) is 2. The maximum absolute atomic E-state index is 14.5. The van der Waals surface area contributed by atoms with E-state index < -0.39 is 5.67 Å². The minimum Gasteiger partial charge on any atom is -0.426 e. The van der Waals surface area contributed by atoms with Crippen molar-refractivity contribution in [3.63, 3.8) is 0 Å². The van der Waals surface area contributed by atoms with Crippen molar-refractivity contribution in [1.29, 1.82) is 0 Å². The lowest BCUT2D eigenvalue weighted by molar-refractivity contribution is 0.214. The summed E-state index contributed by atoms with van der Waals surface area (Å²) >= 11 is 0. The quantitative estimate of drug-likeness (QED) is 0.583. The molecule has 2 nitrogen and oxygen atoms in total. The Morgan fingerprint density at radius 2 is 1.36 bits per heavy atom. The van der Waals surface area contributed by atoms with Crippen LogP contribution < -0.4 is 9.47 Å². The summed E-state index contributed by atoms with van der Waals surface area (Å²) in [5.41, 5.74) is 1.12. The molecule has 2 aromatic rings. The summed E-state index contributed by atoms with van der Waals surface area (Å²) in [6.45, 7) is 15.1. The van der Waals surface area contributed by atoms with Crippen molar-refractivity contribution in [2.75, 3.05) is 0 Å². The number of aryl methyl sites for hydroxylation is 1. The highest BCUT2D eigenvalue weighted by atomic mass is 19.1. The first kappa shape index (κ1) is 19.0. The predicted molar refractivity (Wildman–Crippen MR) is 101 cm³/mol. The summed E-state index contributed by atoms with van der Waals surface area (Å²) < 4.78 is 25.8. The van der Waals surface area contributed by atoms with Crippen molar-refractivity contribution < 1.29 is 13.9 Å². The minimum atomic E-state index is -1.46. The molecule has 0 saturated heterocycles. The largest absolute Gasteiger partial charge is 0.426 e. The zero-order valence-electron chi connectivity index (χ0n) is 15.9. The monoisotopic (exact) mass is 342 g/mol. The van der Waals surface area contributed by atoms with Crippen LogP contribution in [0.1, 0.15) is 51.3 Å². The number of alkyl halides is 1. The Morgan fingerprint density at radius 3 is 1.88 bits per heavy atom. The van der Waals surface area contributed by atoms with E-state index in [1.54, 1.807) is 6.07 Å². The van der Waals surface area contributed by atoms with E-state index in [4.69, 9.17) is 9.47 Å². The van der Waals surface area contributed by atoms with Gasteiger partial charge in [-0.15, -0.1) is 0 Å². The number of benzene rings is 2. The second kappa shape index (κ2) is 6.91. The third-order valence-electron chi connectivity index (χ3n) is 3.94. The van der Waals surface area contributed by atoms with Crippen LogP contribution >= 0.6 is 0 Å². The van der Waals surface area contributed by atoms with Crippen molar-refractivity contribution in [3.05, 3.63) is 71.7 Å². The maximum atomic E-state index is 14.5. The van der Waals surface area contributed by atoms with Gasteiger partial charge in [0.25, 0.3) is 5.95 Å². The fourth-order valence-corrected chi connectivity index (χ4v) is 2.32. The van der Waals surface area contributed by atoms with E-state index in [-0.39, 0.29) is 11.4 Å². The third kappa shape index (κ3) is 5.35. The number of rotatable bonds is 5. The molecule has 0 aliphatic rings. The first-order valence-corrected chi connectivity index (χ1v) is 8.41. The van der Waals surface area contributed by atoms with Crippen molar-refractivity contribution >= 4 is 0 Å². The first-order valence-electron chi connectivity index (χ1n) is 8.41. The molecule has 0 bridgehead atoms. The van der Waals surface area contributed by atoms with E-state index in [0.717, 1.165) is 11.1 Å². The van der Waals surface area contributed by atoms with E-state index in [1.807, 2.05) is 43.3 Å². The highest BCUT2D eigenvalue weighted by Crippen LogP contribution is 2.34. The molecule has 0 fully saturated rings. The average molecular weight is 342 g/mol. The zero-order chi connectivity index (χ0) is 18.8. The topological polar surface area (TPSA) is 18.5 Å². The zero-order valence-corrected chi connectivity index (χ0v) is 15.9. The molecule has 134 valence electrons. The van der Waals surface area contributed by atoms with Gasteiger partial charge in [-0.05, 0) is 68.2 Å². The molecule has 2 rings (SSSR count). The second-order valence-electron chi connectivity index (χ2n) is 7.86. The molecule has 0 spiro atoms. The Morgan fingerprint density at radius 1 is 0.840 bits per heavy atom. The summed E-state index contributed by atoms with van der Waals surface area (Å²) in [6.07, 6.45) is 0. The van der Waals surface area contributed by atoms with E-state index in [2.05, 4.69) is 27.4 Å². The molecule has 0 N–H and O–H groups in total. The van der Waals surface area contributed by atoms with Crippen LogP contribution in [0.4, 0.5) is 4.39 Å². The van der Waals surface area contributed by atoms with Crippen LogP contribution in [0.5, 0.6) is 11.5 Å². The van der Waals surface area contributed by atoms with Crippen molar-refractivity contribution in [1.82, 2.24) is 0 Å². The van der Waals surface area contributed by atoms with Gasteiger partial charge in [0, 0.05) is 0 Å². The van der Waals surface area contributed by atoms with E-state index in [0.29, 0.717) is 17.1 Å². The van der Waals surface area contributed by atoms with Gasteiger partial charge in [0.2, 0.25) is 0 Å². The summed E-state index contributed by atoms with van der Waals surface area (Å²) in [5.74, 6) is 1.32. The van der Waals surface area contributed by atoms with Crippen LogP contribution in [0.3, 0.4) is 0 Å². The van der Waals surface area contributed by atoms with Crippen molar-refractivity contribution in [2.45, 2.75) is 52.6 Å². The third-order valence-corrected chi connectivity index (χ3v) is 3.94. The highest BCUT2D eigenvalue weighted by Gasteiger charge is 2.24. The fourth-order valence-electron chi connectivity index (χ4n) is 2.32. The van der Waals surface area contributed by atoms with Gasteiger partial charge in [-0.25, -0.2) is 4.39 Å². The summed E-state index contributed by atoms with van der Waals surface area (Å²) in [4.78, 5) is 0. The van der Waals surface area contributed by atoms with E-state index in [9.17, 15) is 4.39 Å². The molecular formula is C22H27FO2. The molecule has 0 heterocycles. The van der Waals surface area contributed by atoms with Gasteiger partial charge in [-0.2, -0.15) is 0 Å². The Hall–Kier alpha value is -2.29. The predicted octanol–water partition coefficient (Wildman–Crippen LogP) is 6.43. The Kier molecular flexibility index (Phi) is 5.26. The number of ether oxygens (including phenoxy) is 2. The minimum absolute atomic E-state index is 0.126. The molecular weight excluding hydrogens is 315 g/mol. The smallest absolute Gasteiger partial charge is 0.282 e. The van der Waals surface area contributed by atoms with Crippen LogP contribution in [0, 0.1) is 6.92 Å². The summed E-state index contributed by atoms with van der Waals surface area (Å²) in [5, 5.41) is 0. The second-order valence-corrected chi connectivity index (χ2v) is 7.86. The van der Waals surface area contributed by atoms with Crippen molar-refractivity contribution in [3.8, 4) is 11.5 Å². The van der Waals surface area contributed by atoms with Crippen molar-refractivity contribution in [2.24, 2.45) is 0 Å². The molecule has 0 unspecified atom stereocenters. The molecule has 0 aliphatic heterocycles. The van der Waals surface area contributed by atoms with Gasteiger partial charge in [0.1, 0.15) is 17.2 Å². The van der Waals surface area contributed by atoms with Crippen LogP contribution in [0.15, 0.2) is 55.0 Å². The number of hydrogen-bond donors (Lipinski definition) is 0. The normalized spacial score (nSPS) is 12.0. The van der Waals surface area contributed by atoms with Crippen LogP contribution in [0.2, 0.25) is 0 Å². The molecule has 0 saturated carbocycles.